The number of halogens is 3. The minimum absolute atomic E-state index is 0.159. The molecule has 1 aromatic heterocycles. The first-order chi connectivity index (χ1) is 16.0. The molecule has 0 spiro atoms. The molecule has 172 valence electrons. The van der Waals surface area contributed by atoms with Gasteiger partial charge in [0, 0.05) is 50.4 Å². The molecule has 0 unspecified atom stereocenters. The van der Waals surface area contributed by atoms with Crippen molar-refractivity contribution >= 4 is 23.1 Å². The van der Waals surface area contributed by atoms with E-state index < -0.39 is 11.6 Å². The lowest BCUT2D eigenvalue weighted by atomic mass is 10.00. The SMILES string of the molecule is CN1CCN(CCNc2nnc(-c3ccccc3)c(Cl)c2C(=N)c2cccc(F)c2F)CC1. The first-order valence-electron chi connectivity index (χ1n) is 10.8. The summed E-state index contributed by atoms with van der Waals surface area (Å²) in [6.07, 6.45) is 0. The molecule has 0 radical (unpaired) electrons. The van der Waals surface area contributed by atoms with Crippen molar-refractivity contribution in [1.29, 1.82) is 5.41 Å². The van der Waals surface area contributed by atoms with Gasteiger partial charge in [0.05, 0.1) is 16.3 Å². The third-order valence-corrected chi connectivity index (χ3v) is 6.12. The Kier molecular flexibility index (Phi) is 7.27. The average Bonchev–Trinajstić information content (AvgIpc) is 2.82. The predicted molar refractivity (Wildman–Crippen MR) is 127 cm³/mol. The van der Waals surface area contributed by atoms with Crippen LogP contribution in [-0.4, -0.2) is 72.0 Å². The molecule has 0 aliphatic carbocycles. The highest BCUT2D eigenvalue weighted by Crippen LogP contribution is 2.33. The molecule has 3 aromatic rings. The van der Waals surface area contributed by atoms with Crippen molar-refractivity contribution in [2.45, 2.75) is 0 Å². The van der Waals surface area contributed by atoms with Gasteiger partial charge in [-0.1, -0.05) is 48.0 Å². The Morgan fingerprint density at radius 2 is 1.76 bits per heavy atom. The van der Waals surface area contributed by atoms with Crippen LogP contribution in [0, 0.1) is 17.0 Å². The Morgan fingerprint density at radius 1 is 1.03 bits per heavy atom. The van der Waals surface area contributed by atoms with E-state index in [1.54, 1.807) is 0 Å². The van der Waals surface area contributed by atoms with Crippen LogP contribution in [0.15, 0.2) is 48.5 Å². The van der Waals surface area contributed by atoms with Gasteiger partial charge in [-0.05, 0) is 19.2 Å². The molecule has 1 aliphatic heterocycles. The van der Waals surface area contributed by atoms with Crippen molar-refractivity contribution in [3.05, 3.63) is 76.3 Å². The highest BCUT2D eigenvalue weighted by molar-refractivity contribution is 6.38. The standard InChI is InChI=1S/C24H25ClF2N6/c1-32-12-14-33(15-13-32)11-10-29-24-19(22(28)17-8-5-9-18(26)21(17)27)20(25)23(30-31-24)16-6-3-2-4-7-16/h2-9,28H,10-15H2,1H3,(H,29,31). The summed E-state index contributed by atoms with van der Waals surface area (Å²) in [7, 11) is 2.10. The topological polar surface area (TPSA) is 68.1 Å². The molecule has 6 nitrogen and oxygen atoms in total. The summed E-state index contributed by atoms with van der Waals surface area (Å²) in [5, 5.41) is 20.6. The van der Waals surface area contributed by atoms with E-state index in [9.17, 15) is 8.78 Å². The minimum atomic E-state index is -1.10. The van der Waals surface area contributed by atoms with Crippen molar-refractivity contribution in [1.82, 2.24) is 20.0 Å². The van der Waals surface area contributed by atoms with Gasteiger partial charge in [0.15, 0.2) is 17.5 Å². The lowest BCUT2D eigenvalue weighted by Crippen LogP contribution is -2.45. The van der Waals surface area contributed by atoms with Crippen LogP contribution in [-0.2, 0) is 0 Å². The summed E-state index contributed by atoms with van der Waals surface area (Å²) in [6.45, 7) is 5.27. The fraction of sp³-hybridized carbons (Fsp3) is 0.292. The Hall–Kier alpha value is -2.94. The number of piperazine rings is 1. The molecule has 9 heteroatoms. The van der Waals surface area contributed by atoms with Gasteiger partial charge >= 0.3 is 0 Å². The van der Waals surface area contributed by atoms with Crippen molar-refractivity contribution in [3.8, 4) is 11.3 Å². The number of hydrogen-bond donors (Lipinski definition) is 2. The highest BCUT2D eigenvalue weighted by Gasteiger charge is 2.24. The van der Waals surface area contributed by atoms with E-state index >= 15 is 0 Å². The third-order valence-electron chi connectivity index (χ3n) is 5.75. The Bertz CT molecular complexity index is 1130. The van der Waals surface area contributed by atoms with Gasteiger partial charge in [-0.15, -0.1) is 10.2 Å². The maximum Gasteiger partial charge on any atom is 0.168 e. The molecule has 2 heterocycles. The molecule has 1 aliphatic rings. The summed E-state index contributed by atoms with van der Waals surface area (Å²) in [4.78, 5) is 4.61. The Morgan fingerprint density at radius 3 is 2.48 bits per heavy atom. The van der Waals surface area contributed by atoms with Crippen LogP contribution in [0.25, 0.3) is 11.3 Å². The number of nitrogens with one attached hydrogen (secondary N) is 2. The third kappa shape index (κ3) is 5.19. The minimum Gasteiger partial charge on any atom is -0.367 e. The van der Waals surface area contributed by atoms with E-state index in [0.29, 0.717) is 17.8 Å². The van der Waals surface area contributed by atoms with Crippen molar-refractivity contribution in [2.24, 2.45) is 0 Å². The number of nitrogens with zero attached hydrogens (tertiary/aromatic N) is 4. The number of benzene rings is 2. The van der Waals surface area contributed by atoms with Gasteiger partial charge in [0.1, 0.15) is 5.69 Å². The summed E-state index contributed by atoms with van der Waals surface area (Å²) in [5.74, 6) is -1.86. The highest BCUT2D eigenvalue weighted by atomic mass is 35.5. The van der Waals surface area contributed by atoms with Gasteiger partial charge in [0.25, 0.3) is 0 Å². The van der Waals surface area contributed by atoms with Crippen LogP contribution in [0.4, 0.5) is 14.6 Å². The van der Waals surface area contributed by atoms with Crippen LogP contribution >= 0.6 is 11.6 Å². The second-order valence-corrected chi connectivity index (χ2v) is 8.38. The van der Waals surface area contributed by atoms with E-state index in [2.05, 4.69) is 32.4 Å². The average molecular weight is 471 g/mol. The summed E-state index contributed by atoms with van der Waals surface area (Å²) in [5.41, 5.74) is 0.830. The van der Waals surface area contributed by atoms with E-state index in [0.717, 1.165) is 38.8 Å². The molecule has 0 bridgehead atoms. The molecule has 33 heavy (non-hydrogen) atoms. The maximum absolute atomic E-state index is 14.5. The van der Waals surface area contributed by atoms with Crippen molar-refractivity contribution in [3.63, 3.8) is 0 Å². The quantitative estimate of drug-likeness (QED) is 0.508. The van der Waals surface area contributed by atoms with E-state index in [1.807, 2.05) is 30.3 Å². The van der Waals surface area contributed by atoms with Gasteiger partial charge in [-0.2, -0.15) is 0 Å². The number of hydrogen-bond acceptors (Lipinski definition) is 6. The van der Waals surface area contributed by atoms with Crippen LogP contribution in [0.2, 0.25) is 5.02 Å². The molecule has 0 amide bonds. The fourth-order valence-electron chi connectivity index (χ4n) is 3.78. The second kappa shape index (κ2) is 10.3. The van der Waals surface area contributed by atoms with Gasteiger partial charge < -0.3 is 10.2 Å². The molecule has 2 N–H and O–H groups in total. The molecular weight excluding hydrogens is 446 g/mol. The predicted octanol–water partition coefficient (Wildman–Crippen LogP) is 4.15. The fourth-order valence-corrected chi connectivity index (χ4v) is 4.11. The zero-order chi connectivity index (χ0) is 23.4. The number of rotatable bonds is 7. The van der Waals surface area contributed by atoms with Gasteiger partial charge in [0.2, 0.25) is 0 Å². The van der Waals surface area contributed by atoms with Crippen LogP contribution in [0.1, 0.15) is 11.1 Å². The molecule has 1 saturated heterocycles. The summed E-state index contributed by atoms with van der Waals surface area (Å²) < 4.78 is 28.4. The van der Waals surface area contributed by atoms with Crippen LogP contribution in [0.3, 0.4) is 0 Å². The Labute approximate surface area is 196 Å². The molecule has 0 atom stereocenters. The van der Waals surface area contributed by atoms with E-state index in [1.165, 1.54) is 12.1 Å². The normalized spacial score (nSPS) is 14.9. The monoisotopic (exact) mass is 470 g/mol. The zero-order valence-corrected chi connectivity index (χ0v) is 19.0. The number of anilines is 1. The lowest BCUT2D eigenvalue weighted by Gasteiger charge is -2.32. The zero-order valence-electron chi connectivity index (χ0n) is 18.3. The molecular formula is C24H25ClF2N6. The lowest BCUT2D eigenvalue weighted by molar-refractivity contribution is 0.158. The molecule has 2 aromatic carbocycles. The Balaban J connectivity index is 1.66. The van der Waals surface area contributed by atoms with Crippen molar-refractivity contribution < 1.29 is 8.78 Å². The second-order valence-electron chi connectivity index (χ2n) is 8.00. The van der Waals surface area contributed by atoms with Crippen molar-refractivity contribution in [2.75, 3.05) is 51.6 Å². The van der Waals surface area contributed by atoms with Gasteiger partial charge in [-0.3, -0.25) is 10.3 Å². The maximum atomic E-state index is 14.5. The van der Waals surface area contributed by atoms with Gasteiger partial charge in [-0.25, -0.2) is 8.78 Å². The first-order valence-corrected chi connectivity index (χ1v) is 11.1. The molecule has 0 saturated carbocycles. The largest absolute Gasteiger partial charge is 0.367 e. The van der Waals surface area contributed by atoms with Crippen LogP contribution < -0.4 is 5.32 Å². The number of aromatic nitrogens is 2. The molecule has 4 rings (SSSR count). The number of likely N-dealkylation sites (N-methyl/N-ethyl adjacent to an activating group) is 1. The first kappa shape index (κ1) is 23.2. The van der Waals surface area contributed by atoms with E-state index in [4.69, 9.17) is 17.0 Å². The van der Waals surface area contributed by atoms with Crippen LogP contribution in [0.5, 0.6) is 0 Å². The summed E-state index contributed by atoms with van der Waals surface area (Å²) in [6, 6.07) is 12.9. The molecule has 1 fully saturated rings. The van der Waals surface area contributed by atoms with E-state index in [-0.39, 0.29) is 27.7 Å². The smallest absolute Gasteiger partial charge is 0.168 e. The summed E-state index contributed by atoms with van der Waals surface area (Å²) >= 11 is 6.71.